The van der Waals surface area contributed by atoms with Crippen molar-refractivity contribution in [2.75, 3.05) is 0 Å². The van der Waals surface area contributed by atoms with Gasteiger partial charge in [0.25, 0.3) is 0 Å². The number of benzene rings is 1. The van der Waals surface area contributed by atoms with Crippen LogP contribution in [0.1, 0.15) is 0 Å². The smallest absolute Gasteiger partial charge is 0.228 e. The number of nitrogens with zero attached hydrogens (tertiary/aromatic N) is 2. The largest absolute Gasteiger partial charge is 0.434 e. The van der Waals surface area contributed by atoms with Crippen molar-refractivity contribution in [3.63, 3.8) is 0 Å². The third-order valence-corrected chi connectivity index (χ3v) is 2.71. The number of halogens is 2. The maximum Gasteiger partial charge on any atom is 0.228 e. The molecule has 84 valence electrons. The van der Waals surface area contributed by atoms with Gasteiger partial charge in [0.15, 0.2) is 11.2 Å². The van der Waals surface area contributed by atoms with E-state index in [1.165, 1.54) is 0 Å². The molecule has 0 unspecified atom stereocenters. The number of aromatic nitrogens is 2. The van der Waals surface area contributed by atoms with Crippen molar-refractivity contribution in [3.05, 3.63) is 46.6 Å². The fraction of sp³-hybridized carbons (Fsp3) is 0. The lowest BCUT2D eigenvalue weighted by atomic mass is 10.2. The first-order chi connectivity index (χ1) is 8.22. The summed E-state index contributed by atoms with van der Waals surface area (Å²) in [6.07, 6.45) is 1.67. The Morgan fingerprint density at radius 3 is 2.53 bits per heavy atom. The molecule has 1 aromatic carbocycles. The van der Waals surface area contributed by atoms with Crippen molar-refractivity contribution >= 4 is 34.4 Å². The molecule has 0 N–H and O–H groups in total. The highest BCUT2D eigenvalue weighted by Gasteiger charge is 2.09. The van der Waals surface area contributed by atoms with Crippen molar-refractivity contribution in [2.45, 2.75) is 0 Å². The first-order valence-corrected chi connectivity index (χ1v) is 5.66. The van der Waals surface area contributed by atoms with Gasteiger partial charge in [-0.25, -0.2) is 4.98 Å². The number of hydrogen-bond acceptors (Lipinski definition) is 3. The summed E-state index contributed by atoms with van der Waals surface area (Å²) in [6.45, 7) is 0. The number of oxazole rings is 1. The van der Waals surface area contributed by atoms with E-state index in [9.17, 15) is 0 Å². The molecule has 2 aromatic heterocycles. The number of rotatable bonds is 1. The lowest BCUT2D eigenvalue weighted by molar-refractivity contribution is 0.619. The van der Waals surface area contributed by atoms with Crippen LogP contribution >= 0.6 is 23.2 Å². The second kappa shape index (κ2) is 4.02. The molecule has 0 aliphatic heterocycles. The molecule has 3 rings (SSSR count). The molecular weight excluding hydrogens is 259 g/mol. The molecule has 0 aliphatic rings. The molecule has 0 saturated heterocycles. The topological polar surface area (TPSA) is 38.9 Å². The summed E-state index contributed by atoms with van der Waals surface area (Å²) in [6, 6.07) is 8.76. The van der Waals surface area contributed by atoms with Gasteiger partial charge in [-0.15, -0.1) is 0 Å². The predicted octanol–water partition coefficient (Wildman–Crippen LogP) is 4.20. The Hall–Kier alpha value is -1.58. The highest BCUT2D eigenvalue weighted by atomic mass is 35.5. The Bertz CT molecular complexity index is 641. The summed E-state index contributed by atoms with van der Waals surface area (Å²) < 4.78 is 5.57. The van der Waals surface area contributed by atoms with Gasteiger partial charge < -0.3 is 4.42 Å². The van der Waals surface area contributed by atoms with Crippen LogP contribution in [0.5, 0.6) is 0 Å². The Balaban J connectivity index is 2.20. The van der Waals surface area contributed by atoms with Crippen LogP contribution in [0.4, 0.5) is 0 Å². The molecule has 5 heteroatoms. The van der Waals surface area contributed by atoms with Gasteiger partial charge in [-0.3, -0.25) is 0 Å². The minimum Gasteiger partial charge on any atom is -0.434 e. The molecule has 0 atom stereocenters. The predicted molar refractivity (Wildman–Crippen MR) is 67.3 cm³/mol. The van der Waals surface area contributed by atoms with Gasteiger partial charge in [-0.2, -0.15) is 4.98 Å². The molecule has 0 bridgehead atoms. The zero-order valence-electron chi connectivity index (χ0n) is 8.52. The standard InChI is InChI=1S/C12H6Cl2N2O/c13-8-4-7(5-9(14)6-8)12-16-11-10(17-12)2-1-3-15-11/h1-6H. The summed E-state index contributed by atoms with van der Waals surface area (Å²) in [5.41, 5.74) is 1.94. The van der Waals surface area contributed by atoms with E-state index in [0.717, 1.165) is 5.56 Å². The second-order valence-electron chi connectivity index (χ2n) is 3.50. The third kappa shape index (κ3) is 1.99. The van der Waals surface area contributed by atoms with E-state index in [4.69, 9.17) is 27.6 Å². The van der Waals surface area contributed by atoms with Crippen molar-refractivity contribution < 1.29 is 4.42 Å². The van der Waals surface area contributed by atoms with E-state index >= 15 is 0 Å². The zero-order valence-corrected chi connectivity index (χ0v) is 10.0. The van der Waals surface area contributed by atoms with Gasteiger partial charge in [0.1, 0.15) is 0 Å². The third-order valence-electron chi connectivity index (χ3n) is 2.27. The number of fused-ring (bicyclic) bond motifs is 1. The van der Waals surface area contributed by atoms with Crippen molar-refractivity contribution in [1.82, 2.24) is 9.97 Å². The maximum atomic E-state index is 5.93. The van der Waals surface area contributed by atoms with Crippen LogP contribution < -0.4 is 0 Å². The Kier molecular flexibility index (Phi) is 2.50. The number of pyridine rings is 1. The van der Waals surface area contributed by atoms with Crippen LogP contribution in [-0.2, 0) is 0 Å². The quantitative estimate of drug-likeness (QED) is 0.662. The maximum absolute atomic E-state index is 5.93. The average molecular weight is 265 g/mol. The van der Waals surface area contributed by atoms with E-state index in [1.807, 2.05) is 6.07 Å². The van der Waals surface area contributed by atoms with Gasteiger partial charge >= 0.3 is 0 Å². The van der Waals surface area contributed by atoms with Crippen molar-refractivity contribution in [2.24, 2.45) is 0 Å². The van der Waals surface area contributed by atoms with E-state index in [0.29, 0.717) is 27.2 Å². The van der Waals surface area contributed by atoms with Crippen molar-refractivity contribution in [3.8, 4) is 11.5 Å². The summed E-state index contributed by atoms with van der Waals surface area (Å²) in [5.74, 6) is 0.461. The fourth-order valence-electron chi connectivity index (χ4n) is 1.57. The van der Waals surface area contributed by atoms with E-state index in [1.54, 1.807) is 30.5 Å². The molecule has 0 saturated carbocycles. The Morgan fingerprint density at radius 1 is 1.06 bits per heavy atom. The monoisotopic (exact) mass is 264 g/mol. The van der Waals surface area contributed by atoms with Crippen LogP contribution in [-0.4, -0.2) is 9.97 Å². The first kappa shape index (κ1) is 10.6. The molecule has 17 heavy (non-hydrogen) atoms. The summed E-state index contributed by atoms with van der Waals surface area (Å²) >= 11 is 11.9. The molecule has 3 aromatic rings. The minimum atomic E-state index is 0.461. The van der Waals surface area contributed by atoms with Gasteiger partial charge in [0.05, 0.1) is 0 Å². The van der Waals surface area contributed by atoms with Crippen molar-refractivity contribution in [1.29, 1.82) is 0 Å². The SMILES string of the molecule is Clc1cc(Cl)cc(-c2nc3ncccc3o2)c1. The van der Waals surface area contributed by atoms with E-state index in [2.05, 4.69) is 9.97 Å². The molecule has 0 radical (unpaired) electrons. The highest BCUT2D eigenvalue weighted by molar-refractivity contribution is 6.35. The Morgan fingerprint density at radius 2 is 1.82 bits per heavy atom. The average Bonchev–Trinajstić information content (AvgIpc) is 2.71. The fourth-order valence-corrected chi connectivity index (χ4v) is 2.10. The molecule has 3 nitrogen and oxygen atoms in total. The first-order valence-electron chi connectivity index (χ1n) is 4.90. The molecule has 0 fully saturated rings. The van der Waals surface area contributed by atoms with Gasteiger partial charge in [-0.05, 0) is 30.3 Å². The van der Waals surface area contributed by atoms with Crippen LogP contribution in [0.3, 0.4) is 0 Å². The molecule has 2 heterocycles. The molecule has 0 amide bonds. The molecular formula is C12H6Cl2N2O. The lowest BCUT2D eigenvalue weighted by Gasteiger charge is -1.97. The number of hydrogen-bond donors (Lipinski definition) is 0. The van der Waals surface area contributed by atoms with E-state index < -0.39 is 0 Å². The summed E-state index contributed by atoms with van der Waals surface area (Å²) in [7, 11) is 0. The summed E-state index contributed by atoms with van der Waals surface area (Å²) in [5, 5.41) is 1.09. The molecule has 0 aliphatic carbocycles. The lowest BCUT2D eigenvalue weighted by Crippen LogP contribution is -1.78. The minimum absolute atomic E-state index is 0.461. The van der Waals surface area contributed by atoms with Crippen LogP contribution in [0.15, 0.2) is 40.9 Å². The normalized spacial score (nSPS) is 10.9. The van der Waals surface area contributed by atoms with Crippen LogP contribution in [0.25, 0.3) is 22.7 Å². The highest BCUT2D eigenvalue weighted by Crippen LogP contribution is 2.28. The Labute approximate surface area is 107 Å². The van der Waals surface area contributed by atoms with Crippen LogP contribution in [0.2, 0.25) is 10.0 Å². The zero-order chi connectivity index (χ0) is 11.8. The summed E-state index contributed by atoms with van der Waals surface area (Å²) in [4.78, 5) is 8.37. The molecule has 0 spiro atoms. The van der Waals surface area contributed by atoms with Gasteiger partial charge in [0.2, 0.25) is 5.89 Å². The second-order valence-corrected chi connectivity index (χ2v) is 4.38. The van der Waals surface area contributed by atoms with Gasteiger partial charge in [-0.1, -0.05) is 23.2 Å². The van der Waals surface area contributed by atoms with Gasteiger partial charge in [0, 0.05) is 21.8 Å². The van der Waals surface area contributed by atoms with E-state index in [-0.39, 0.29) is 0 Å². The van der Waals surface area contributed by atoms with Crippen LogP contribution in [0, 0.1) is 0 Å².